The van der Waals surface area contributed by atoms with E-state index in [1.807, 2.05) is 60.1 Å². The topological polar surface area (TPSA) is 91.7 Å². The number of pyridine rings is 1. The quantitative estimate of drug-likeness (QED) is 0.186. The molecule has 2 aromatic carbocycles. The summed E-state index contributed by atoms with van der Waals surface area (Å²) < 4.78 is 18.9. The molecule has 2 heterocycles. The number of amides is 1. The Hall–Kier alpha value is -4.33. The van der Waals surface area contributed by atoms with Crippen LogP contribution in [-0.4, -0.2) is 47.8 Å². The SMILES string of the molecule is CCOC(=O)c1ccc(-c2ccc(OCCCCOc3ccc4c(n3)c(CCNC(C)=O)cn4C)cc2)cc1. The number of carbonyl (C=O) groups is 2. The first-order chi connectivity index (χ1) is 18.9. The molecule has 39 heavy (non-hydrogen) atoms. The van der Waals surface area contributed by atoms with Gasteiger partial charge < -0.3 is 24.1 Å². The highest BCUT2D eigenvalue weighted by molar-refractivity contribution is 5.90. The molecule has 0 spiro atoms. The van der Waals surface area contributed by atoms with Crippen LogP contribution in [0.3, 0.4) is 0 Å². The van der Waals surface area contributed by atoms with E-state index in [0.29, 0.717) is 44.2 Å². The summed E-state index contributed by atoms with van der Waals surface area (Å²) in [5, 5.41) is 2.83. The summed E-state index contributed by atoms with van der Waals surface area (Å²) in [6.07, 6.45) is 4.46. The molecule has 204 valence electrons. The van der Waals surface area contributed by atoms with Crippen molar-refractivity contribution in [2.45, 2.75) is 33.1 Å². The molecule has 8 heteroatoms. The molecule has 1 amide bonds. The van der Waals surface area contributed by atoms with Crippen molar-refractivity contribution in [2.24, 2.45) is 7.05 Å². The summed E-state index contributed by atoms with van der Waals surface area (Å²) in [4.78, 5) is 27.7. The number of benzene rings is 2. The van der Waals surface area contributed by atoms with E-state index in [-0.39, 0.29) is 11.9 Å². The Bertz CT molecular complexity index is 1390. The van der Waals surface area contributed by atoms with Crippen LogP contribution in [-0.2, 0) is 23.0 Å². The summed E-state index contributed by atoms with van der Waals surface area (Å²) in [5.74, 6) is 1.07. The molecule has 0 aliphatic rings. The summed E-state index contributed by atoms with van der Waals surface area (Å²) in [6, 6.07) is 19.2. The molecule has 1 N–H and O–H groups in total. The lowest BCUT2D eigenvalue weighted by atomic mass is 10.0. The second-order valence-electron chi connectivity index (χ2n) is 9.24. The molecular weight excluding hydrogens is 494 g/mol. The lowest BCUT2D eigenvalue weighted by molar-refractivity contribution is -0.118. The number of nitrogens with one attached hydrogen (secondary N) is 1. The van der Waals surface area contributed by atoms with Crippen LogP contribution >= 0.6 is 0 Å². The minimum atomic E-state index is -0.309. The summed E-state index contributed by atoms with van der Waals surface area (Å²) in [6.45, 7) is 5.40. The van der Waals surface area contributed by atoms with Gasteiger partial charge in [-0.1, -0.05) is 24.3 Å². The van der Waals surface area contributed by atoms with Gasteiger partial charge in [-0.05, 0) is 73.2 Å². The molecule has 0 radical (unpaired) electrons. The molecule has 0 fully saturated rings. The number of aryl methyl sites for hydroxylation is 1. The van der Waals surface area contributed by atoms with E-state index >= 15 is 0 Å². The Balaban J connectivity index is 1.20. The van der Waals surface area contributed by atoms with Crippen molar-refractivity contribution >= 4 is 22.9 Å². The minimum Gasteiger partial charge on any atom is -0.494 e. The largest absolute Gasteiger partial charge is 0.494 e. The highest BCUT2D eigenvalue weighted by Gasteiger charge is 2.10. The molecule has 4 rings (SSSR count). The number of hydrogen-bond donors (Lipinski definition) is 1. The number of fused-ring (bicyclic) bond motifs is 1. The fourth-order valence-electron chi connectivity index (χ4n) is 4.28. The van der Waals surface area contributed by atoms with Gasteiger partial charge in [0.1, 0.15) is 5.75 Å². The molecule has 0 unspecified atom stereocenters. The van der Waals surface area contributed by atoms with Crippen molar-refractivity contribution in [3.05, 3.63) is 78.0 Å². The molecule has 0 aliphatic heterocycles. The third-order valence-corrected chi connectivity index (χ3v) is 6.29. The Kier molecular flexibility index (Phi) is 9.56. The molecule has 0 aliphatic carbocycles. The van der Waals surface area contributed by atoms with Gasteiger partial charge in [0.05, 0.1) is 36.4 Å². The van der Waals surface area contributed by atoms with Crippen molar-refractivity contribution in [3.8, 4) is 22.8 Å². The first-order valence-corrected chi connectivity index (χ1v) is 13.3. The first-order valence-electron chi connectivity index (χ1n) is 13.3. The molecule has 0 atom stereocenters. The van der Waals surface area contributed by atoms with E-state index in [2.05, 4.69) is 11.5 Å². The molecule has 0 saturated carbocycles. The molecule has 8 nitrogen and oxygen atoms in total. The Morgan fingerprint density at radius 2 is 1.56 bits per heavy atom. The summed E-state index contributed by atoms with van der Waals surface area (Å²) in [5.41, 5.74) is 5.64. The Morgan fingerprint density at radius 3 is 2.23 bits per heavy atom. The average Bonchev–Trinajstić information content (AvgIpc) is 3.25. The summed E-state index contributed by atoms with van der Waals surface area (Å²) >= 11 is 0. The van der Waals surface area contributed by atoms with Gasteiger partial charge in [0.15, 0.2) is 0 Å². The first kappa shape index (κ1) is 27.7. The van der Waals surface area contributed by atoms with Crippen LogP contribution < -0.4 is 14.8 Å². The van der Waals surface area contributed by atoms with Crippen LogP contribution in [0.4, 0.5) is 0 Å². The van der Waals surface area contributed by atoms with Gasteiger partial charge in [0.2, 0.25) is 11.8 Å². The number of carbonyl (C=O) groups excluding carboxylic acids is 2. The minimum absolute atomic E-state index is 0.0348. The number of esters is 1. The zero-order chi connectivity index (χ0) is 27.6. The van der Waals surface area contributed by atoms with E-state index < -0.39 is 0 Å². The van der Waals surface area contributed by atoms with Gasteiger partial charge in [-0.2, -0.15) is 0 Å². The van der Waals surface area contributed by atoms with Crippen molar-refractivity contribution < 1.29 is 23.8 Å². The number of ether oxygens (including phenoxy) is 3. The second kappa shape index (κ2) is 13.5. The molecule has 4 aromatic rings. The van der Waals surface area contributed by atoms with Gasteiger partial charge in [0, 0.05) is 32.8 Å². The number of rotatable bonds is 13. The van der Waals surface area contributed by atoms with Crippen molar-refractivity contribution in [2.75, 3.05) is 26.4 Å². The zero-order valence-electron chi connectivity index (χ0n) is 22.7. The molecule has 0 saturated heterocycles. The highest BCUT2D eigenvalue weighted by Crippen LogP contribution is 2.24. The van der Waals surface area contributed by atoms with E-state index in [1.54, 1.807) is 19.1 Å². The maximum absolute atomic E-state index is 11.8. The van der Waals surface area contributed by atoms with E-state index in [0.717, 1.165) is 46.3 Å². The summed E-state index contributed by atoms with van der Waals surface area (Å²) in [7, 11) is 1.99. The van der Waals surface area contributed by atoms with Gasteiger partial charge in [-0.15, -0.1) is 0 Å². The van der Waals surface area contributed by atoms with Crippen LogP contribution in [0.1, 0.15) is 42.6 Å². The number of aromatic nitrogens is 2. The zero-order valence-corrected chi connectivity index (χ0v) is 22.7. The van der Waals surface area contributed by atoms with E-state index in [4.69, 9.17) is 19.2 Å². The van der Waals surface area contributed by atoms with Crippen LogP contribution in [0.15, 0.2) is 66.9 Å². The van der Waals surface area contributed by atoms with Crippen molar-refractivity contribution in [1.82, 2.24) is 14.9 Å². The van der Waals surface area contributed by atoms with Crippen molar-refractivity contribution in [3.63, 3.8) is 0 Å². The lowest BCUT2D eigenvalue weighted by Crippen LogP contribution is -2.22. The fourth-order valence-corrected chi connectivity index (χ4v) is 4.28. The molecule has 0 bridgehead atoms. The maximum atomic E-state index is 11.8. The molecule has 2 aromatic heterocycles. The third kappa shape index (κ3) is 7.60. The van der Waals surface area contributed by atoms with E-state index in [9.17, 15) is 9.59 Å². The predicted octanol–water partition coefficient (Wildman–Crippen LogP) is 5.33. The number of unbranched alkanes of at least 4 members (excludes halogenated alkanes) is 1. The normalized spacial score (nSPS) is 10.8. The maximum Gasteiger partial charge on any atom is 0.338 e. The van der Waals surface area contributed by atoms with Gasteiger partial charge in [-0.3, -0.25) is 4.79 Å². The van der Waals surface area contributed by atoms with Crippen molar-refractivity contribution in [1.29, 1.82) is 0 Å². The van der Waals surface area contributed by atoms with Gasteiger partial charge >= 0.3 is 5.97 Å². The van der Waals surface area contributed by atoms with Crippen LogP contribution in [0.25, 0.3) is 22.2 Å². The van der Waals surface area contributed by atoms with Gasteiger partial charge in [0.25, 0.3) is 0 Å². The number of nitrogens with zero attached hydrogens (tertiary/aromatic N) is 2. The fraction of sp³-hybridized carbons (Fsp3) is 0.323. The number of hydrogen-bond acceptors (Lipinski definition) is 6. The Morgan fingerprint density at radius 1 is 0.897 bits per heavy atom. The average molecular weight is 530 g/mol. The third-order valence-electron chi connectivity index (χ3n) is 6.29. The van der Waals surface area contributed by atoms with Gasteiger partial charge in [-0.25, -0.2) is 9.78 Å². The monoisotopic (exact) mass is 529 g/mol. The van der Waals surface area contributed by atoms with Crippen LogP contribution in [0, 0.1) is 0 Å². The second-order valence-corrected chi connectivity index (χ2v) is 9.24. The standard InChI is InChI=1S/C31H35N3O5/c1-4-37-31(36)25-9-7-23(8-10-25)24-11-13-27(14-12-24)38-19-5-6-20-39-29-16-15-28-30(33-29)26(21-34(28)3)17-18-32-22(2)35/h7-16,21H,4-6,17-20H2,1-3H3,(H,32,35). The lowest BCUT2D eigenvalue weighted by Gasteiger charge is -2.09. The molecular formula is C31H35N3O5. The Labute approximate surface area is 228 Å². The van der Waals surface area contributed by atoms with Crippen LogP contribution in [0.2, 0.25) is 0 Å². The van der Waals surface area contributed by atoms with Crippen LogP contribution in [0.5, 0.6) is 11.6 Å². The predicted molar refractivity (Wildman–Crippen MR) is 151 cm³/mol. The smallest absolute Gasteiger partial charge is 0.338 e. The van der Waals surface area contributed by atoms with E-state index in [1.165, 1.54) is 6.92 Å². The highest BCUT2D eigenvalue weighted by atomic mass is 16.5.